The van der Waals surface area contributed by atoms with Crippen molar-refractivity contribution in [1.29, 1.82) is 0 Å². The van der Waals surface area contributed by atoms with Crippen LogP contribution in [0.5, 0.6) is 0 Å². The Hall–Kier alpha value is -0.320. The molecule has 0 saturated carbocycles. The van der Waals surface area contributed by atoms with Crippen LogP contribution in [0.1, 0.15) is 27.2 Å². The van der Waals surface area contributed by atoms with E-state index >= 15 is 0 Å². The Kier molecular flexibility index (Phi) is 7.75. The number of likely N-dealkylation sites (tertiary alicyclic amines) is 1. The lowest BCUT2D eigenvalue weighted by atomic mass is 9.89. The van der Waals surface area contributed by atoms with Gasteiger partial charge in [0.1, 0.15) is 6.10 Å². The number of carbonyl (C=O) groups excluding carboxylic acids is 1. The van der Waals surface area contributed by atoms with Crippen LogP contribution >= 0.6 is 12.4 Å². The second-order valence-electron chi connectivity index (χ2n) is 4.57. The van der Waals surface area contributed by atoms with Crippen molar-refractivity contribution >= 4 is 18.4 Å². The van der Waals surface area contributed by atoms with Crippen LogP contribution in [0.15, 0.2) is 0 Å². The highest BCUT2D eigenvalue weighted by Crippen LogP contribution is 2.25. The first kappa shape index (κ1) is 16.7. The molecule has 0 radical (unpaired) electrons. The van der Waals surface area contributed by atoms with E-state index in [1.165, 1.54) is 6.92 Å². The van der Waals surface area contributed by atoms with Crippen LogP contribution in [0.2, 0.25) is 0 Å². The molecular formula is C12H24ClNO3. The number of ether oxygens (including phenoxy) is 2. The van der Waals surface area contributed by atoms with Crippen molar-refractivity contribution in [2.75, 3.05) is 26.8 Å². The minimum Gasteiger partial charge on any atom is -0.462 e. The van der Waals surface area contributed by atoms with Gasteiger partial charge in [-0.15, -0.1) is 12.4 Å². The van der Waals surface area contributed by atoms with Crippen molar-refractivity contribution in [2.24, 2.45) is 5.92 Å². The first-order valence-electron chi connectivity index (χ1n) is 5.96. The van der Waals surface area contributed by atoms with Crippen molar-refractivity contribution in [2.45, 2.75) is 39.3 Å². The summed E-state index contributed by atoms with van der Waals surface area (Å²) in [5.41, 5.74) is 0. The van der Waals surface area contributed by atoms with Crippen LogP contribution in [0.4, 0.5) is 0 Å². The largest absolute Gasteiger partial charge is 0.462 e. The fourth-order valence-electron chi connectivity index (χ4n) is 2.31. The summed E-state index contributed by atoms with van der Waals surface area (Å²) < 4.78 is 10.4. The van der Waals surface area contributed by atoms with E-state index in [4.69, 9.17) is 9.47 Å². The molecule has 1 heterocycles. The second-order valence-corrected chi connectivity index (χ2v) is 4.57. The summed E-state index contributed by atoms with van der Waals surface area (Å²) >= 11 is 0. The predicted octanol–water partition coefficient (Wildman–Crippen LogP) is 1.72. The summed E-state index contributed by atoms with van der Waals surface area (Å²) in [7, 11) is 1.72. The monoisotopic (exact) mass is 265 g/mol. The highest BCUT2D eigenvalue weighted by atomic mass is 35.5. The number of hydrogen-bond acceptors (Lipinski definition) is 4. The van der Waals surface area contributed by atoms with Crippen LogP contribution in [-0.2, 0) is 14.3 Å². The van der Waals surface area contributed by atoms with Crippen molar-refractivity contribution in [3.05, 3.63) is 0 Å². The average molecular weight is 266 g/mol. The lowest BCUT2D eigenvalue weighted by molar-refractivity contribution is -0.153. The third-order valence-corrected chi connectivity index (χ3v) is 3.52. The first-order chi connectivity index (χ1) is 7.56. The molecule has 1 rings (SSSR count). The van der Waals surface area contributed by atoms with E-state index < -0.39 is 0 Å². The molecule has 102 valence electrons. The normalized spacial score (nSPS) is 29.5. The SMILES string of the molecule is COCCN1CCC(OC(C)=O)C(C)C1C.Cl. The van der Waals surface area contributed by atoms with Gasteiger partial charge >= 0.3 is 5.97 Å². The van der Waals surface area contributed by atoms with Crippen LogP contribution in [0, 0.1) is 5.92 Å². The summed E-state index contributed by atoms with van der Waals surface area (Å²) in [5.74, 6) is 0.212. The molecule has 5 heteroatoms. The lowest BCUT2D eigenvalue weighted by Crippen LogP contribution is -2.50. The molecule has 1 aliphatic heterocycles. The van der Waals surface area contributed by atoms with E-state index in [0.29, 0.717) is 12.0 Å². The molecule has 1 saturated heterocycles. The van der Waals surface area contributed by atoms with Gasteiger partial charge in [-0.25, -0.2) is 0 Å². The number of methoxy groups -OCH3 is 1. The van der Waals surface area contributed by atoms with Gasteiger partial charge in [0, 0.05) is 39.1 Å². The number of esters is 1. The van der Waals surface area contributed by atoms with Gasteiger partial charge in [-0.1, -0.05) is 6.92 Å². The van der Waals surface area contributed by atoms with Gasteiger partial charge in [-0.3, -0.25) is 9.69 Å². The summed E-state index contributed by atoms with van der Waals surface area (Å²) in [6, 6.07) is 0.438. The standard InChI is InChI=1S/C12H23NO3.ClH/c1-9-10(2)13(7-8-15-4)6-5-12(9)16-11(3)14;/h9-10,12H,5-8H2,1-4H3;1H. The van der Waals surface area contributed by atoms with Crippen molar-refractivity contribution < 1.29 is 14.3 Å². The molecule has 0 spiro atoms. The summed E-state index contributed by atoms with van der Waals surface area (Å²) in [6.45, 7) is 8.51. The number of hydrogen-bond donors (Lipinski definition) is 0. The Labute approximate surface area is 110 Å². The topological polar surface area (TPSA) is 38.8 Å². The molecule has 1 aliphatic rings. The Morgan fingerprint density at radius 1 is 1.41 bits per heavy atom. The van der Waals surface area contributed by atoms with Crippen molar-refractivity contribution in [3.8, 4) is 0 Å². The quantitative estimate of drug-likeness (QED) is 0.726. The molecule has 0 bridgehead atoms. The van der Waals surface area contributed by atoms with E-state index in [-0.39, 0.29) is 24.5 Å². The van der Waals surface area contributed by atoms with E-state index in [0.717, 1.165) is 26.1 Å². The zero-order valence-electron chi connectivity index (χ0n) is 11.1. The van der Waals surface area contributed by atoms with Gasteiger partial charge in [0.2, 0.25) is 0 Å². The highest BCUT2D eigenvalue weighted by Gasteiger charge is 2.33. The molecule has 3 atom stereocenters. The third-order valence-electron chi connectivity index (χ3n) is 3.52. The van der Waals surface area contributed by atoms with Crippen LogP contribution in [0.25, 0.3) is 0 Å². The van der Waals surface area contributed by atoms with Crippen LogP contribution < -0.4 is 0 Å². The van der Waals surface area contributed by atoms with Gasteiger partial charge in [0.25, 0.3) is 0 Å². The molecular weight excluding hydrogens is 242 g/mol. The molecule has 1 fully saturated rings. The molecule has 17 heavy (non-hydrogen) atoms. The molecule has 0 aromatic rings. The smallest absolute Gasteiger partial charge is 0.302 e. The molecule has 3 unspecified atom stereocenters. The molecule has 4 nitrogen and oxygen atoms in total. The fraction of sp³-hybridized carbons (Fsp3) is 0.917. The molecule has 0 aromatic carbocycles. The number of rotatable bonds is 4. The summed E-state index contributed by atoms with van der Waals surface area (Å²) in [5, 5.41) is 0. The number of carbonyl (C=O) groups is 1. The van der Waals surface area contributed by atoms with Gasteiger partial charge in [-0.2, -0.15) is 0 Å². The Balaban J connectivity index is 0.00000256. The Bertz CT molecular complexity index is 238. The van der Waals surface area contributed by atoms with E-state index in [2.05, 4.69) is 18.7 Å². The van der Waals surface area contributed by atoms with E-state index in [9.17, 15) is 4.79 Å². The maximum absolute atomic E-state index is 11.0. The van der Waals surface area contributed by atoms with Crippen LogP contribution in [0.3, 0.4) is 0 Å². The summed E-state index contributed by atoms with van der Waals surface area (Å²) in [6.07, 6.45) is 1.00. The van der Waals surface area contributed by atoms with Crippen molar-refractivity contribution in [3.63, 3.8) is 0 Å². The number of piperidine rings is 1. The zero-order valence-corrected chi connectivity index (χ0v) is 12.0. The van der Waals surface area contributed by atoms with Crippen LogP contribution in [-0.4, -0.2) is 49.8 Å². The molecule has 0 N–H and O–H groups in total. The maximum atomic E-state index is 11.0. The van der Waals surface area contributed by atoms with Gasteiger partial charge in [-0.05, 0) is 13.3 Å². The minimum absolute atomic E-state index is 0. The van der Waals surface area contributed by atoms with Gasteiger partial charge in [0.15, 0.2) is 0 Å². The summed E-state index contributed by atoms with van der Waals surface area (Å²) in [4.78, 5) is 13.4. The van der Waals surface area contributed by atoms with Gasteiger partial charge in [0.05, 0.1) is 6.61 Å². The number of nitrogens with zero attached hydrogens (tertiary/aromatic N) is 1. The fourth-order valence-corrected chi connectivity index (χ4v) is 2.31. The van der Waals surface area contributed by atoms with E-state index in [1.807, 2.05) is 0 Å². The first-order valence-corrected chi connectivity index (χ1v) is 5.96. The minimum atomic E-state index is -0.172. The van der Waals surface area contributed by atoms with Crippen molar-refractivity contribution in [1.82, 2.24) is 4.90 Å². The maximum Gasteiger partial charge on any atom is 0.302 e. The van der Waals surface area contributed by atoms with Gasteiger partial charge < -0.3 is 9.47 Å². The predicted molar refractivity (Wildman–Crippen MR) is 69.5 cm³/mol. The molecule has 0 amide bonds. The third kappa shape index (κ3) is 4.82. The lowest BCUT2D eigenvalue weighted by Gasteiger charge is -2.41. The molecule has 0 aliphatic carbocycles. The zero-order chi connectivity index (χ0) is 12.1. The molecule has 0 aromatic heterocycles. The Morgan fingerprint density at radius 3 is 2.59 bits per heavy atom. The second kappa shape index (κ2) is 7.90. The highest BCUT2D eigenvalue weighted by molar-refractivity contribution is 5.85. The number of halogens is 1. The average Bonchev–Trinajstić information content (AvgIpc) is 2.23. The van der Waals surface area contributed by atoms with E-state index in [1.54, 1.807) is 7.11 Å². The Morgan fingerprint density at radius 2 is 2.06 bits per heavy atom.